The maximum absolute atomic E-state index is 10.1. The summed E-state index contributed by atoms with van der Waals surface area (Å²) in [6.07, 6.45) is 4.45. The van der Waals surface area contributed by atoms with Crippen molar-refractivity contribution in [3.05, 3.63) is 65.6 Å². The normalized spacial score (nSPS) is 11.1. The van der Waals surface area contributed by atoms with Crippen molar-refractivity contribution in [3.8, 4) is 17.2 Å². The van der Waals surface area contributed by atoms with Crippen LogP contribution in [0.1, 0.15) is 30.3 Å². The number of ether oxygens (including phenoxy) is 2. The van der Waals surface area contributed by atoms with Crippen molar-refractivity contribution >= 4 is 21.7 Å². The van der Waals surface area contributed by atoms with Crippen LogP contribution in [-0.4, -0.2) is 29.3 Å². The Morgan fingerprint density at radius 2 is 1.72 bits per heavy atom. The molecule has 0 radical (unpaired) electrons. The second kappa shape index (κ2) is 7.95. The van der Waals surface area contributed by atoms with Crippen molar-refractivity contribution in [2.24, 2.45) is 0 Å². The van der Waals surface area contributed by atoms with E-state index >= 15 is 0 Å². The van der Waals surface area contributed by atoms with Crippen LogP contribution in [0.5, 0.6) is 17.2 Å². The van der Waals surface area contributed by atoms with E-state index in [0.717, 1.165) is 46.0 Å². The average molecular weight is 388 g/mol. The van der Waals surface area contributed by atoms with E-state index < -0.39 is 0 Å². The number of aromatic nitrogens is 2. The molecule has 0 aliphatic heterocycles. The predicted octanol–water partition coefficient (Wildman–Crippen LogP) is 5.05. The van der Waals surface area contributed by atoms with Gasteiger partial charge >= 0.3 is 0 Å². The van der Waals surface area contributed by atoms with Crippen LogP contribution in [0.25, 0.3) is 21.7 Å². The molecule has 2 aromatic carbocycles. The first-order valence-corrected chi connectivity index (χ1v) is 9.74. The molecule has 29 heavy (non-hydrogen) atoms. The van der Waals surface area contributed by atoms with Gasteiger partial charge in [-0.25, -0.2) is 4.98 Å². The number of aryl methyl sites for hydroxylation is 1. The average Bonchev–Trinajstić information content (AvgIpc) is 2.75. The summed E-state index contributed by atoms with van der Waals surface area (Å²) in [5.41, 5.74) is 3.60. The van der Waals surface area contributed by atoms with Gasteiger partial charge < -0.3 is 14.6 Å². The first-order chi connectivity index (χ1) is 14.1. The second-order valence-corrected chi connectivity index (χ2v) is 7.06. The fraction of sp³-hybridized carbons (Fsp3) is 0.250. The number of fused-ring (bicyclic) bond motifs is 2. The first kappa shape index (κ1) is 19.0. The highest BCUT2D eigenvalue weighted by molar-refractivity contribution is 5.91. The highest BCUT2D eigenvalue weighted by atomic mass is 16.5. The van der Waals surface area contributed by atoms with Gasteiger partial charge in [0.05, 0.1) is 14.2 Å². The van der Waals surface area contributed by atoms with Gasteiger partial charge in [-0.15, -0.1) is 0 Å². The van der Waals surface area contributed by atoms with Crippen LogP contribution in [0.3, 0.4) is 0 Å². The Balaban J connectivity index is 1.85. The minimum atomic E-state index is 0.192. The van der Waals surface area contributed by atoms with E-state index in [9.17, 15) is 5.11 Å². The lowest BCUT2D eigenvalue weighted by atomic mass is 9.99. The van der Waals surface area contributed by atoms with Crippen LogP contribution < -0.4 is 9.47 Å². The van der Waals surface area contributed by atoms with Crippen LogP contribution in [0.15, 0.2) is 48.7 Å². The SMILES string of the molecule is CCCc1ncc(Cc2ccc3cccc(O)c3n2)c2cc(OC)c(OC)cc12. The number of phenolic OH excluding ortho intramolecular Hbond substituents is 1. The molecule has 0 amide bonds. The van der Waals surface area contributed by atoms with Gasteiger partial charge in [-0.2, -0.15) is 0 Å². The molecule has 4 rings (SSSR count). The van der Waals surface area contributed by atoms with Crippen LogP contribution in [0.4, 0.5) is 0 Å². The smallest absolute Gasteiger partial charge is 0.161 e. The van der Waals surface area contributed by atoms with Gasteiger partial charge in [0.15, 0.2) is 11.5 Å². The molecule has 1 N–H and O–H groups in total. The summed E-state index contributed by atoms with van der Waals surface area (Å²) in [5, 5.41) is 13.2. The van der Waals surface area contributed by atoms with Crippen LogP contribution in [0.2, 0.25) is 0 Å². The molecule has 2 heterocycles. The van der Waals surface area contributed by atoms with Crippen molar-refractivity contribution in [2.45, 2.75) is 26.2 Å². The molecule has 0 atom stereocenters. The lowest BCUT2D eigenvalue weighted by Gasteiger charge is -2.14. The number of aromatic hydroxyl groups is 1. The van der Waals surface area contributed by atoms with Crippen LogP contribution in [0, 0.1) is 0 Å². The van der Waals surface area contributed by atoms with Crippen molar-refractivity contribution in [1.29, 1.82) is 0 Å². The quantitative estimate of drug-likeness (QED) is 0.501. The first-order valence-electron chi connectivity index (χ1n) is 9.74. The van der Waals surface area contributed by atoms with Gasteiger partial charge in [0.1, 0.15) is 11.3 Å². The third-order valence-electron chi connectivity index (χ3n) is 5.17. The Kier molecular flexibility index (Phi) is 5.21. The number of nitrogens with zero attached hydrogens (tertiary/aromatic N) is 2. The molecule has 2 aromatic heterocycles. The maximum atomic E-state index is 10.1. The molecule has 0 aliphatic carbocycles. The highest BCUT2D eigenvalue weighted by Crippen LogP contribution is 2.35. The zero-order chi connectivity index (χ0) is 20.4. The summed E-state index contributed by atoms with van der Waals surface area (Å²) in [5.74, 6) is 1.58. The molecule has 5 nitrogen and oxygen atoms in total. The Morgan fingerprint density at radius 3 is 2.45 bits per heavy atom. The lowest BCUT2D eigenvalue weighted by Crippen LogP contribution is -2.00. The zero-order valence-corrected chi connectivity index (χ0v) is 16.9. The second-order valence-electron chi connectivity index (χ2n) is 7.06. The number of benzene rings is 2. The van der Waals surface area contributed by atoms with Gasteiger partial charge in [-0.3, -0.25) is 4.98 Å². The van der Waals surface area contributed by atoms with E-state index in [-0.39, 0.29) is 5.75 Å². The molecule has 0 saturated heterocycles. The van der Waals surface area contributed by atoms with Gasteiger partial charge in [0, 0.05) is 34.8 Å². The molecule has 0 bridgehead atoms. The standard InChI is InChI=1S/C24H24N2O3/c1-4-6-20-19-13-23(29-3)22(28-2)12-18(19)16(14-25-20)11-17-10-9-15-7-5-8-21(27)24(15)26-17/h5,7-10,12-14,27H,4,6,11H2,1-3H3. The predicted molar refractivity (Wildman–Crippen MR) is 115 cm³/mol. The minimum absolute atomic E-state index is 0.192. The number of rotatable bonds is 6. The number of hydrogen-bond donors (Lipinski definition) is 1. The summed E-state index contributed by atoms with van der Waals surface area (Å²) >= 11 is 0. The summed E-state index contributed by atoms with van der Waals surface area (Å²) in [6, 6.07) is 13.4. The molecule has 148 valence electrons. The fourth-order valence-electron chi connectivity index (χ4n) is 3.72. The van der Waals surface area contributed by atoms with Gasteiger partial charge in [-0.05, 0) is 41.6 Å². The molecule has 0 saturated carbocycles. The summed E-state index contributed by atoms with van der Waals surface area (Å²) in [6.45, 7) is 2.15. The largest absolute Gasteiger partial charge is 0.506 e. The van der Waals surface area contributed by atoms with Gasteiger partial charge in [0.25, 0.3) is 0 Å². The molecule has 0 fully saturated rings. The summed E-state index contributed by atoms with van der Waals surface area (Å²) < 4.78 is 11.0. The lowest BCUT2D eigenvalue weighted by molar-refractivity contribution is 0.356. The summed E-state index contributed by atoms with van der Waals surface area (Å²) in [7, 11) is 3.29. The maximum Gasteiger partial charge on any atom is 0.161 e. The third kappa shape index (κ3) is 3.56. The summed E-state index contributed by atoms with van der Waals surface area (Å²) in [4.78, 5) is 9.41. The number of para-hydroxylation sites is 1. The molecule has 5 heteroatoms. The minimum Gasteiger partial charge on any atom is -0.506 e. The molecule has 0 spiro atoms. The fourth-order valence-corrected chi connectivity index (χ4v) is 3.72. The van der Waals surface area contributed by atoms with Crippen molar-refractivity contribution in [1.82, 2.24) is 9.97 Å². The number of phenols is 1. The van der Waals surface area contributed by atoms with E-state index in [0.29, 0.717) is 23.4 Å². The van der Waals surface area contributed by atoms with Crippen LogP contribution in [-0.2, 0) is 12.8 Å². The zero-order valence-electron chi connectivity index (χ0n) is 16.9. The number of hydrogen-bond acceptors (Lipinski definition) is 5. The van der Waals surface area contributed by atoms with E-state index in [1.165, 1.54) is 0 Å². The van der Waals surface area contributed by atoms with Gasteiger partial charge in [0.2, 0.25) is 0 Å². The highest BCUT2D eigenvalue weighted by Gasteiger charge is 2.14. The molecule has 0 aliphatic rings. The van der Waals surface area contributed by atoms with Gasteiger partial charge in [-0.1, -0.05) is 31.5 Å². The van der Waals surface area contributed by atoms with Crippen LogP contribution >= 0.6 is 0 Å². The Labute approximate surface area is 170 Å². The third-order valence-corrected chi connectivity index (χ3v) is 5.17. The Bertz CT molecular complexity index is 1190. The Hall–Kier alpha value is -3.34. The molecule has 0 unspecified atom stereocenters. The van der Waals surface area contributed by atoms with E-state index in [1.54, 1.807) is 20.3 Å². The van der Waals surface area contributed by atoms with E-state index in [2.05, 4.69) is 11.9 Å². The van der Waals surface area contributed by atoms with E-state index in [1.807, 2.05) is 42.6 Å². The van der Waals surface area contributed by atoms with E-state index in [4.69, 9.17) is 14.5 Å². The van der Waals surface area contributed by atoms with Crippen molar-refractivity contribution in [2.75, 3.05) is 14.2 Å². The molecular weight excluding hydrogens is 364 g/mol. The van der Waals surface area contributed by atoms with Crippen molar-refractivity contribution < 1.29 is 14.6 Å². The van der Waals surface area contributed by atoms with Crippen molar-refractivity contribution in [3.63, 3.8) is 0 Å². The number of methoxy groups -OCH3 is 2. The Morgan fingerprint density at radius 1 is 0.966 bits per heavy atom. The monoisotopic (exact) mass is 388 g/mol. The molecule has 4 aromatic rings. The number of pyridine rings is 2. The molecular formula is C24H24N2O3. The topological polar surface area (TPSA) is 64.5 Å².